The van der Waals surface area contributed by atoms with Crippen LogP contribution in [0.2, 0.25) is 0 Å². The van der Waals surface area contributed by atoms with E-state index in [4.69, 9.17) is 4.74 Å². The molecule has 0 atom stereocenters. The van der Waals surface area contributed by atoms with Gasteiger partial charge in [-0.3, -0.25) is 0 Å². The van der Waals surface area contributed by atoms with Crippen molar-refractivity contribution in [3.63, 3.8) is 0 Å². The first-order chi connectivity index (χ1) is 15.6. The normalized spacial score (nSPS) is 15.6. The molecule has 4 rings (SSSR count). The molecule has 33 heavy (non-hydrogen) atoms. The number of piperazine rings is 1. The molecule has 0 bridgehead atoms. The average Bonchev–Trinajstić information content (AvgIpc) is 3.24. The number of anilines is 1. The Morgan fingerprint density at radius 3 is 2.15 bits per heavy atom. The average molecular weight is 471 g/mol. The van der Waals surface area contributed by atoms with Crippen LogP contribution in [0, 0.1) is 6.92 Å². The van der Waals surface area contributed by atoms with Crippen LogP contribution in [0.1, 0.15) is 32.0 Å². The lowest BCUT2D eigenvalue weighted by atomic mass is 9.87. The summed E-state index contributed by atoms with van der Waals surface area (Å²) in [6, 6.07) is 11.0. The summed E-state index contributed by atoms with van der Waals surface area (Å²) < 4.78 is 35.5. The van der Waals surface area contributed by atoms with Crippen molar-refractivity contribution in [2.75, 3.05) is 38.2 Å². The fraction of sp³-hybridized carbons (Fsp3) is 0.435. The molecule has 3 aromatic rings. The summed E-state index contributed by atoms with van der Waals surface area (Å²) in [5.41, 5.74) is 1.68. The van der Waals surface area contributed by atoms with E-state index in [1.54, 1.807) is 16.8 Å². The van der Waals surface area contributed by atoms with Gasteiger partial charge in [0, 0.05) is 32.4 Å². The largest absolute Gasteiger partial charge is 0.495 e. The molecule has 10 heteroatoms. The summed E-state index contributed by atoms with van der Waals surface area (Å²) in [7, 11) is -2.20. The van der Waals surface area contributed by atoms with E-state index in [1.165, 1.54) is 11.4 Å². The number of nitrogens with zero attached hydrogens (tertiary/aromatic N) is 6. The number of rotatable bonds is 5. The van der Waals surface area contributed by atoms with Gasteiger partial charge in [-0.25, -0.2) is 13.1 Å². The Bertz CT molecular complexity index is 1220. The summed E-state index contributed by atoms with van der Waals surface area (Å²) >= 11 is 0. The smallest absolute Gasteiger partial charge is 0.246 e. The van der Waals surface area contributed by atoms with E-state index in [0.29, 0.717) is 43.6 Å². The van der Waals surface area contributed by atoms with Crippen LogP contribution in [0.3, 0.4) is 0 Å². The van der Waals surface area contributed by atoms with E-state index >= 15 is 0 Å². The Morgan fingerprint density at radius 2 is 1.61 bits per heavy atom. The minimum absolute atomic E-state index is 0.172. The van der Waals surface area contributed by atoms with Crippen molar-refractivity contribution in [2.24, 2.45) is 0 Å². The highest BCUT2D eigenvalue weighted by molar-refractivity contribution is 7.89. The van der Waals surface area contributed by atoms with Gasteiger partial charge in [0.05, 0.1) is 12.8 Å². The van der Waals surface area contributed by atoms with Crippen LogP contribution in [0.5, 0.6) is 5.75 Å². The summed E-state index contributed by atoms with van der Waals surface area (Å²) in [5.74, 6) is 1.71. The molecule has 1 aromatic carbocycles. The zero-order valence-corrected chi connectivity index (χ0v) is 20.5. The number of benzene rings is 1. The highest BCUT2D eigenvalue weighted by atomic mass is 32.2. The molecule has 176 valence electrons. The van der Waals surface area contributed by atoms with Gasteiger partial charge in [-0.2, -0.15) is 9.40 Å². The molecule has 1 aliphatic rings. The highest BCUT2D eigenvalue weighted by Gasteiger charge is 2.32. The van der Waals surface area contributed by atoms with Gasteiger partial charge in [0.15, 0.2) is 11.6 Å². The molecule has 2 aromatic heterocycles. The highest BCUT2D eigenvalue weighted by Crippen LogP contribution is 2.33. The number of aromatic nitrogens is 4. The molecule has 0 aliphatic carbocycles. The van der Waals surface area contributed by atoms with Crippen LogP contribution in [0.25, 0.3) is 5.82 Å². The summed E-state index contributed by atoms with van der Waals surface area (Å²) in [6.07, 6.45) is 1.84. The standard InChI is InChI=1S/C23H30N6O3S/c1-17-10-11-29(26-17)22-9-8-21(24-25-22)27-12-14-28(15-13-27)33(30,31)20-16-18(23(2,3)4)6-7-19(20)32-5/h6-11,16H,12-15H2,1-5H3. The van der Waals surface area contributed by atoms with Crippen LogP contribution in [0.15, 0.2) is 47.5 Å². The third-order valence-corrected chi connectivity index (χ3v) is 7.72. The molecule has 1 fully saturated rings. The number of aryl methyl sites for hydroxylation is 1. The van der Waals surface area contributed by atoms with Gasteiger partial charge in [0.1, 0.15) is 10.6 Å². The fourth-order valence-corrected chi connectivity index (χ4v) is 5.40. The lowest BCUT2D eigenvalue weighted by Crippen LogP contribution is -2.49. The van der Waals surface area contributed by atoms with E-state index in [0.717, 1.165) is 11.3 Å². The Balaban J connectivity index is 1.49. The van der Waals surface area contributed by atoms with Gasteiger partial charge in [-0.15, -0.1) is 10.2 Å². The monoisotopic (exact) mass is 470 g/mol. The van der Waals surface area contributed by atoms with E-state index < -0.39 is 10.0 Å². The van der Waals surface area contributed by atoms with Crippen LogP contribution in [0.4, 0.5) is 5.82 Å². The lowest BCUT2D eigenvalue weighted by Gasteiger charge is -2.34. The molecule has 3 heterocycles. The maximum absolute atomic E-state index is 13.5. The number of methoxy groups -OCH3 is 1. The first-order valence-electron chi connectivity index (χ1n) is 10.9. The minimum atomic E-state index is -3.70. The van der Waals surface area contributed by atoms with E-state index in [1.807, 2.05) is 42.3 Å². The molecular formula is C23H30N6O3S. The maximum Gasteiger partial charge on any atom is 0.246 e. The van der Waals surface area contributed by atoms with Gasteiger partial charge in [-0.05, 0) is 48.2 Å². The predicted molar refractivity (Wildman–Crippen MR) is 127 cm³/mol. The summed E-state index contributed by atoms with van der Waals surface area (Å²) in [4.78, 5) is 2.25. The van der Waals surface area contributed by atoms with Crippen molar-refractivity contribution in [3.8, 4) is 11.6 Å². The van der Waals surface area contributed by atoms with Crippen LogP contribution in [-0.4, -0.2) is 66.0 Å². The second-order valence-electron chi connectivity index (χ2n) is 9.16. The van der Waals surface area contributed by atoms with Gasteiger partial charge in [0.2, 0.25) is 10.0 Å². The zero-order valence-electron chi connectivity index (χ0n) is 19.7. The van der Waals surface area contributed by atoms with Crippen molar-refractivity contribution in [2.45, 2.75) is 38.0 Å². The van der Waals surface area contributed by atoms with Crippen LogP contribution < -0.4 is 9.64 Å². The molecule has 1 saturated heterocycles. The Morgan fingerprint density at radius 1 is 0.939 bits per heavy atom. The van der Waals surface area contributed by atoms with Gasteiger partial charge in [-0.1, -0.05) is 26.8 Å². The van der Waals surface area contributed by atoms with Crippen molar-refractivity contribution in [3.05, 3.63) is 53.9 Å². The first kappa shape index (κ1) is 23.2. The summed E-state index contributed by atoms with van der Waals surface area (Å²) in [5, 5.41) is 12.9. The van der Waals surface area contributed by atoms with E-state index in [9.17, 15) is 8.42 Å². The zero-order chi connectivity index (χ0) is 23.8. The molecule has 1 aliphatic heterocycles. The fourth-order valence-electron chi connectivity index (χ4n) is 3.79. The van der Waals surface area contributed by atoms with Crippen LogP contribution >= 0.6 is 0 Å². The summed E-state index contributed by atoms with van der Waals surface area (Å²) in [6.45, 7) is 9.85. The first-order valence-corrected chi connectivity index (χ1v) is 12.3. The Kier molecular flexibility index (Phi) is 6.15. The number of hydrogen-bond acceptors (Lipinski definition) is 7. The number of sulfonamides is 1. The van der Waals surface area contributed by atoms with Crippen molar-refractivity contribution >= 4 is 15.8 Å². The van der Waals surface area contributed by atoms with Crippen LogP contribution in [-0.2, 0) is 15.4 Å². The third kappa shape index (κ3) is 4.72. The minimum Gasteiger partial charge on any atom is -0.495 e. The van der Waals surface area contributed by atoms with Gasteiger partial charge < -0.3 is 9.64 Å². The molecule has 0 saturated carbocycles. The second kappa shape index (κ2) is 8.75. The van der Waals surface area contributed by atoms with E-state index in [-0.39, 0.29) is 10.3 Å². The number of hydrogen-bond donors (Lipinski definition) is 0. The molecule has 0 radical (unpaired) electrons. The van der Waals surface area contributed by atoms with E-state index in [2.05, 4.69) is 36.1 Å². The maximum atomic E-state index is 13.5. The third-order valence-electron chi connectivity index (χ3n) is 5.80. The van der Waals surface area contributed by atoms with Crippen molar-refractivity contribution < 1.29 is 13.2 Å². The Labute approximate surface area is 195 Å². The Hall–Kier alpha value is -2.98. The van der Waals surface area contributed by atoms with Gasteiger partial charge in [0.25, 0.3) is 0 Å². The SMILES string of the molecule is COc1ccc(C(C)(C)C)cc1S(=O)(=O)N1CCN(c2ccc(-n3ccc(C)n3)nn2)CC1. The molecule has 0 N–H and O–H groups in total. The molecule has 0 unspecified atom stereocenters. The lowest BCUT2D eigenvalue weighted by molar-refractivity contribution is 0.373. The van der Waals surface area contributed by atoms with Gasteiger partial charge >= 0.3 is 0 Å². The molecule has 0 amide bonds. The van der Waals surface area contributed by atoms with Crippen molar-refractivity contribution in [1.29, 1.82) is 0 Å². The van der Waals surface area contributed by atoms with Crippen molar-refractivity contribution in [1.82, 2.24) is 24.3 Å². The molecule has 9 nitrogen and oxygen atoms in total. The molecular weight excluding hydrogens is 440 g/mol. The molecule has 0 spiro atoms. The number of ether oxygens (including phenoxy) is 1. The predicted octanol–water partition coefficient (Wildman–Crippen LogP) is 2.79. The quantitative estimate of drug-likeness (QED) is 0.566. The second-order valence-corrected chi connectivity index (χ2v) is 11.1. The topological polar surface area (TPSA) is 93.5 Å².